The Hall–Kier alpha value is -1.51. The van der Waals surface area contributed by atoms with Gasteiger partial charge in [0, 0.05) is 6.42 Å². The number of hydrogen-bond donors (Lipinski definition) is 0. The Bertz CT molecular complexity index is 422. The summed E-state index contributed by atoms with van der Waals surface area (Å²) in [6.45, 7) is 9.57. The molecule has 1 aromatic carbocycles. The van der Waals surface area contributed by atoms with Crippen molar-refractivity contribution in [3.05, 3.63) is 23.8 Å². The van der Waals surface area contributed by atoms with Crippen LogP contribution in [0.25, 0.3) is 0 Å². The number of ether oxygens (including phenoxy) is 2. The van der Waals surface area contributed by atoms with Crippen molar-refractivity contribution in [1.82, 2.24) is 0 Å². The van der Waals surface area contributed by atoms with E-state index in [0.717, 1.165) is 23.5 Å². The maximum Gasteiger partial charge on any atom is 0.161 e. The lowest BCUT2D eigenvalue weighted by Gasteiger charge is -2.18. The average molecular weight is 264 g/mol. The highest BCUT2D eigenvalue weighted by molar-refractivity contribution is 5.75. The molecule has 0 bridgehead atoms. The first-order valence-electron chi connectivity index (χ1n) is 6.84. The summed E-state index contributed by atoms with van der Waals surface area (Å²) in [6.07, 6.45) is 1.51. The van der Waals surface area contributed by atoms with E-state index in [9.17, 15) is 4.79 Å². The number of ketones is 1. The van der Waals surface area contributed by atoms with Gasteiger partial charge in [0.05, 0.1) is 12.2 Å². The molecule has 0 aliphatic heterocycles. The van der Waals surface area contributed by atoms with Crippen LogP contribution in [0.2, 0.25) is 0 Å². The Kier molecular flexibility index (Phi) is 5.87. The van der Waals surface area contributed by atoms with E-state index in [1.165, 1.54) is 0 Å². The van der Waals surface area contributed by atoms with E-state index in [4.69, 9.17) is 9.47 Å². The molecule has 0 radical (unpaired) electrons. The lowest BCUT2D eigenvalue weighted by Crippen LogP contribution is -2.11. The number of hydrogen-bond acceptors (Lipinski definition) is 3. The van der Waals surface area contributed by atoms with Gasteiger partial charge in [0.15, 0.2) is 11.5 Å². The summed E-state index contributed by atoms with van der Waals surface area (Å²) in [5.41, 5.74) is 1.10. The van der Waals surface area contributed by atoms with Gasteiger partial charge in [0.2, 0.25) is 0 Å². The Morgan fingerprint density at radius 3 is 2.16 bits per heavy atom. The van der Waals surface area contributed by atoms with Gasteiger partial charge in [-0.05, 0) is 58.7 Å². The summed E-state index contributed by atoms with van der Waals surface area (Å²) >= 11 is 0. The summed E-state index contributed by atoms with van der Waals surface area (Å²) < 4.78 is 11.5. The number of Topliss-reactive ketones (excluding diaryl/α,β-unsaturated/α-hetero) is 1. The van der Waals surface area contributed by atoms with Crippen molar-refractivity contribution in [3.8, 4) is 11.5 Å². The predicted octanol–water partition coefficient (Wildman–Crippen LogP) is 3.78. The molecule has 3 nitrogen and oxygen atoms in total. The zero-order valence-corrected chi connectivity index (χ0v) is 12.5. The molecule has 106 valence electrons. The number of carbonyl (C=O) groups is 1. The standard InChI is InChI=1S/C16H24O3/c1-11(2)18-15-9-8-14(7-6-13(5)17)10-16(15)19-12(3)4/h8-12H,6-7H2,1-5H3. The topological polar surface area (TPSA) is 35.5 Å². The number of rotatable bonds is 7. The van der Waals surface area contributed by atoms with E-state index in [2.05, 4.69) is 0 Å². The molecule has 3 heteroatoms. The highest BCUT2D eigenvalue weighted by atomic mass is 16.5. The second kappa shape index (κ2) is 7.17. The van der Waals surface area contributed by atoms with E-state index in [-0.39, 0.29) is 18.0 Å². The van der Waals surface area contributed by atoms with Crippen LogP contribution in [0, 0.1) is 0 Å². The van der Waals surface area contributed by atoms with Crippen LogP contribution in [0.3, 0.4) is 0 Å². The molecule has 0 N–H and O–H groups in total. The number of aryl methyl sites for hydroxylation is 1. The van der Waals surface area contributed by atoms with Gasteiger partial charge in [0.1, 0.15) is 5.78 Å². The molecule has 1 aromatic rings. The lowest BCUT2D eigenvalue weighted by atomic mass is 10.1. The van der Waals surface area contributed by atoms with Gasteiger partial charge in [-0.3, -0.25) is 0 Å². The van der Waals surface area contributed by atoms with Gasteiger partial charge in [0.25, 0.3) is 0 Å². The second-order valence-electron chi connectivity index (χ2n) is 5.32. The maximum atomic E-state index is 11.0. The van der Waals surface area contributed by atoms with Crippen LogP contribution in [0.5, 0.6) is 11.5 Å². The number of carbonyl (C=O) groups excluding carboxylic acids is 1. The van der Waals surface area contributed by atoms with Gasteiger partial charge in [-0.2, -0.15) is 0 Å². The quantitative estimate of drug-likeness (QED) is 0.751. The third-order valence-electron chi connectivity index (χ3n) is 2.50. The molecular weight excluding hydrogens is 240 g/mol. The average Bonchev–Trinajstić information content (AvgIpc) is 2.28. The van der Waals surface area contributed by atoms with Crippen LogP contribution in [-0.2, 0) is 11.2 Å². The van der Waals surface area contributed by atoms with Crippen LogP contribution in [0.15, 0.2) is 18.2 Å². The third kappa shape index (κ3) is 5.77. The second-order valence-corrected chi connectivity index (χ2v) is 5.32. The molecule has 19 heavy (non-hydrogen) atoms. The van der Waals surface area contributed by atoms with Gasteiger partial charge in [-0.15, -0.1) is 0 Å². The summed E-state index contributed by atoms with van der Waals surface area (Å²) in [7, 11) is 0. The van der Waals surface area contributed by atoms with Crippen molar-refractivity contribution in [2.45, 2.75) is 59.7 Å². The molecule has 0 saturated heterocycles. The molecule has 1 rings (SSSR count). The molecule has 0 spiro atoms. The van der Waals surface area contributed by atoms with Gasteiger partial charge >= 0.3 is 0 Å². The van der Waals surface area contributed by atoms with Crippen molar-refractivity contribution in [1.29, 1.82) is 0 Å². The molecule has 0 aliphatic carbocycles. The van der Waals surface area contributed by atoms with Crippen molar-refractivity contribution in [3.63, 3.8) is 0 Å². The summed E-state index contributed by atoms with van der Waals surface area (Å²) in [5, 5.41) is 0. The molecule has 0 fully saturated rings. The Labute approximate surface area is 115 Å². The van der Waals surface area contributed by atoms with Crippen molar-refractivity contribution in [2.24, 2.45) is 0 Å². The van der Waals surface area contributed by atoms with Crippen molar-refractivity contribution >= 4 is 5.78 Å². The molecular formula is C16H24O3. The summed E-state index contributed by atoms with van der Waals surface area (Å²) in [5.74, 6) is 1.72. The van der Waals surface area contributed by atoms with Gasteiger partial charge in [-0.25, -0.2) is 0 Å². The zero-order valence-electron chi connectivity index (χ0n) is 12.5. The van der Waals surface area contributed by atoms with E-state index < -0.39 is 0 Å². The van der Waals surface area contributed by atoms with Gasteiger partial charge in [-0.1, -0.05) is 6.07 Å². The van der Waals surface area contributed by atoms with Crippen LogP contribution in [0.4, 0.5) is 0 Å². The Morgan fingerprint density at radius 1 is 1.05 bits per heavy atom. The minimum absolute atomic E-state index is 0.0950. The minimum atomic E-state index is 0.0950. The van der Waals surface area contributed by atoms with Gasteiger partial charge < -0.3 is 14.3 Å². The fourth-order valence-electron chi connectivity index (χ4n) is 1.73. The SMILES string of the molecule is CC(=O)CCc1ccc(OC(C)C)c(OC(C)C)c1. The minimum Gasteiger partial charge on any atom is -0.487 e. The largest absolute Gasteiger partial charge is 0.487 e. The summed E-state index contributed by atoms with van der Waals surface area (Å²) in [6, 6.07) is 5.89. The zero-order chi connectivity index (χ0) is 14.4. The fraction of sp³-hybridized carbons (Fsp3) is 0.562. The first-order valence-corrected chi connectivity index (χ1v) is 6.84. The first-order chi connectivity index (χ1) is 8.88. The molecule has 0 aliphatic rings. The van der Waals surface area contributed by atoms with Crippen LogP contribution < -0.4 is 9.47 Å². The van der Waals surface area contributed by atoms with E-state index in [1.807, 2.05) is 45.9 Å². The fourth-order valence-corrected chi connectivity index (χ4v) is 1.73. The highest BCUT2D eigenvalue weighted by Gasteiger charge is 2.10. The van der Waals surface area contributed by atoms with Crippen molar-refractivity contribution < 1.29 is 14.3 Å². The Balaban J connectivity index is 2.90. The molecule has 0 unspecified atom stereocenters. The summed E-state index contributed by atoms with van der Waals surface area (Å²) in [4.78, 5) is 11.0. The lowest BCUT2D eigenvalue weighted by molar-refractivity contribution is -0.116. The smallest absolute Gasteiger partial charge is 0.161 e. The van der Waals surface area contributed by atoms with Crippen LogP contribution in [-0.4, -0.2) is 18.0 Å². The predicted molar refractivity (Wildman–Crippen MR) is 77.0 cm³/mol. The molecule has 0 heterocycles. The van der Waals surface area contributed by atoms with Crippen LogP contribution >= 0.6 is 0 Å². The highest BCUT2D eigenvalue weighted by Crippen LogP contribution is 2.30. The number of benzene rings is 1. The van der Waals surface area contributed by atoms with E-state index in [0.29, 0.717) is 6.42 Å². The molecule has 0 amide bonds. The normalized spacial score (nSPS) is 10.9. The monoisotopic (exact) mass is 264 g/mol. The molecule has 0 saturated carbocycles. The third-order valence-corrected chi connectivity index (χ3v) is 2.50. The molecule has 0 aromatic heterocycles. The van der Waals surface area contributed by atoms with Crippen molar-refractivity contribution in [2.75, 3.05) is 0 Å². The van der Waals surface area contributed by atoms with Crippen LogP contribution in [0.1, 0.15) is 46.6 Å². The molecule has 0 atom stereocenters. The van der Waals surface area contributed by atoms with E-state index >= 15 is 0 Å². The Morgan fingerprint density at radius 2 is 1.63 bits per heavy atom. The first kappa shape index (κ1) is 15.5. The maximum absolute atomic E-state index is 11.0. The van der Waals surface area contributed by atoms with E-state index in [1.54, 1.807) is 6.92 Å².